The molecule has 0 radical (unpaired) electrons. The molecular formula is C46H32N6O. The first-order valence-corrected chi connectivity index (χ1v) is 17.6. The van der Waals surface area contributed by atoms with E-state index in [0.717, 1.165) is 28.3 Å². The Labute approximate surface area is 306 Å². The summed E-state index contributed by atoms with van der Waals surface area (Å²) in [5.41, 5.74) is 11.5. The monoisotopic (exact) mass is 684 g/mol. The Morgan fingerprint density at radius 2 is 1.15 bits per heavy atom. The molecule has 0 fully saturated rings. The molecule has 7 nitrogen and oxygen atoms in total. The summed E-state index contributed by atoms with van der Waals surface area (Å²) in [5, 5.41) is 6.93. The van der Waals surface area contributed by atoms with Crippen LogP contribution >= 0.6 is 0 Å². The number of anilines is 4. The van der Waals surface area contributed by atoms with Gasteiger partial charge in [0.2, 0.25) is 0 Å². The second kappa shape index (κ2) is 12.8. The molecule has 0 amide bonds. The molecule has 53 heavy (non-hydrogen) atoms. The zero-order chi connectivity index (χ0) is 35.1. The van der Waals surface area contributed by atoms with E-state index in [9.17, 15) is 0 Å². The maximum Gasteiger partial charge on any atom is 0.181 e. The van der Waals surface area contributed by atoms with Crippen molar-refractivity contribution in [1.82, 2.24) is 19.7 Å². The van der Waals surface area contributed by atoms with Gasteiger partial charge < -0.3 is 14.5 Å². The number of benzene rings is 7. The van der Waals surface area contributed by atoms with Gasteiger partial charge >= 0.3 is 0 Å². The van der Waals surface area contributed by atoms with E-state index in [4.69, 9.17) is 4.74 Å². The molecule has 7 heteroatoms. The molecule has 0 atom stereocenters. The molecular weight excluding hydrogens is 653 g/mol. The maximum absolute atomic E-state index is 6.54. The van der Waals surface area contributed by atoms with Gasteiger partial charge in [0.15, 0.2) is 5.65 Å². The smallest absolute Gasteiger partial charge is 0.181 e. The van der Waals surface area contributed by atoms with Crippen LogP contribution in [0.2, 0.25) is 0 Å². The molecule has 7 aromatic carbocycles. The summed E-state index contributed by atoms with van der Waals surface area (Å²) < 4.78 is 8.32. The van der Waals surface area contributed by atoms with Crippen molar-refractivity contribution in [3.05, 3.63) is 182 Å². The first-order valence-electron chi connectivity index (χ1n) is 17.6. The second-order valence-corrected chi connectivity index (χ2v) is 13.0. The Hall–Kier alpha value is -7.25. The van der Waals surface area contributed by atoms with Crippen LogP contribution in [0, 0.1) is 0 Å². The zero-order valence-electron chi connectivity index (χ0n) is 28.6. The average Bonchev–Trinajstić information content (AvgIpc) is 3.84. The summed E-state index contributed by atoms with van der Waals surface area (Å²) in [4.78, 5) is 13.7. The number of ether oxygens (including phenoxy) is 1. The lowest BCUT2D eigenvalue weighted by Crippen LogP contribution is -2.25. The van der Waals surface area contributed by atoms with E-state index in [-0.39, 0.29) is 0 Å². The number of aromatic nitrogens is 4. The molecule has 0 spiro atoms. The standard InChI is InChI=1S/C46H32N6O/c1-3-12-32(13-4-1)39-22-11-23-40(33-14-5-2-6-15-33)44(39)51-31-50(43-25-24-34-16-7-8-21-41(34)45(43)51)35-17-9-19-37(28-35)53-38-20-10-18-36(29-38)52-46-42(30-49-52)47-26-27-48-46/h1-30H,31H2. The van der Waals surface area contributed by atoms with Crippen molar-refractivity contribution in [3.63, 3.8) is 0 Å². The molecule has 3 heterocycles. The van der Waals surface area contributed by atoms with Crippen LogP contribution in [0.1, 0.15) is 0 Å². The molecule has 0 aliphatic carbocycles. The van der Waals surface area contributed by atoms with Crippen molar-refractivity contribution < 1.29 is 4.74 Å². The number of nitrogens with zero attached hydrogens (tertiary/aromatic N) is 6. The molecule has 0 saturated carbocycles. The predicted molar refractivity (Wildman–Crippen MR) is 214 cm³/mol. The third kappa shape index (κ3) is 5.43. The lowest BCUT2D eigenvalue weighted by atomic mass is 9.94. The minimum Gasteiger partial charge on any atom is -0.457 e. The molecule has 9 aromatic rings. The van der Waals surface area contributed by atoms with E-state index >= 15 is 0 Å². The normalized spacial score (nSPS) is 12.4. The fraction of sp³-hybridized carbons (Fsp3) is 0.0217. The highest BCUT2D eigenvalue weighted by Gasteiger charge is 2.33. The maximum atomic E-state index is 6.54. The largest absolute Gasteiger partial charge is 0.457 e. The topological polar surface area (TPSA) is 59.3 Å². The Bertz CT molecular complexity index is 2710. The summed E-state index contributed by atoms with van der Waals surface area (Å²) in [6.45, 7) is 0.610. The SMILES string of the molecule is c1ccc(-c2cccc(-c3ccccc3)c2N2CN(c3cccc(Oc4cccc(-n5ncc6nccnc65)c4)c3)c3ccc4ccccc4c32)cc1. The van der Waals surface area contributed by atoms with Gasteiger partial charge in [-0.25, -0.2) is 14.6 Å². The van der Waals surface area contributed by atoms with E-state index < -0.39 is 0 Å². The van der Waals surface area contributed by atoms with Gasteiger partial charge in [0.1, 0.15) is 23.7 Å². The van der Waals surface area contributed by atoms with E-state index in [1.54, 1.807) is 23.3 Å². The van der Waals surface area contributed by atoms with Crippen molar-refractivity contribution >= 4 is 44.7 Å². The van der Waals surface area contributed by atoms with Crippen molar-refractivity contribution in [2.45, 2.75) is 0 Å². The fourth-order valence-corrected chi connectivity index (χ4v) is 7.45. The van der Waals surface area contributed by atoms with E-state index in [0.29, 0.717) is 18.1 Å². The van der Waals surface area contributed by atoms with Gasteiger partial charge in [-0.05, 0) is 46.8 Å². The highest BCUT2D eigenvalue weighted by Crippen LogP contribution is 2.52. The molecule has 1 aliphatic heterocycles. The van der Waals surface area contributed by atoms with Gasteiger partial charge in [-0.1, -0.05) is 121 Å². The quantitative estimate of drug-likeness (QED) is 0.167. The number of rotatable bonds is 7. The molecule has 0 saturated heterocycles. The summed E-state index contributed by atoms with van der Waals surface area (Å²) in [5.74, 6) is 1.44. The van der Waals surface area contributed by atoms with Crippen LogP contribution in [0.25, 0.3) is 49.9 Å². The molecule has 252 valence electrons. The van der Waals surface area contributed by atoms with Gasteiger partial charge in [-0.2, -0.15) is 5.10 Å². The van der Waals surface area contributed by atoms with E-state index in [2.05, 4.69) is 158 Å². The summed E-state index contributed by atoms with van der Waals surface area (Å²) >= 11 is 0. The molecule has 1 aliphatic rings. The lowest BCUT2D eigenvalue weighted by molar-refractivity contribution is 0.482. The second-order valence-electron chi connectivity index (χ2n) is 13.0. The fourth-order valence-electron chi connectivity index (χ4n) is 7.45. The Morgan fingerprint density at radius 1 is 0.509 bits per heavy atom. The minimum atomic E-state index is 0.610. The number of hydrogen-bond acceptors (Lipinski definition) is 6. The molecule has 0 unspecified atom stereocenters. The van der Waals surface area contributed by atoms with Crippen molar-refractivity contribution in [1.29, 1.82) is 0 Å². The lowest BCUT2D eigenvalue weighted by Gasteiger charge is -2.27. The van der Waals surface area contributed by atoms with Crippen LogP contribution in [-0.2, 0) is 0 Å². The summed E-state index contributed by atoms with van der Waals surface area (Å²) in [6, 6.07) is 57.4. The summed E-state index contributed by atoms with van der Waals surface area (Å²) in [7, 11) is 0. The van der Waals surface area contributed by atoms with Crippen molar-refractivity contribution in [2.24, 2.45) is 0 Å². The molecule has 0 N–H and O–H groups in total. The zero-order valence-corrected chi connectivity index (χ0v) is 28.6. The number of para-hydroxylation sites is 1. The van der Waals surface area contributed by atoms with E-state index in [1.807, 2.05) is 30.3 Å². The molecule has 2 aromatic heterocycles. The number of fused-ring (bicyclic) bond motifs is 4. The van der Waals surface area contributed by atoms with Crippen LogP contribution in [0.3, 0.4) is 0 Å². The van der Waals surface area contributed by atoms with Gasteiger partial charge in [0.25, 0.3) is 0 Å². The number of hydrogen-bond donors (Lipinski definition) is 0. The van der Waals surface area contributed by atoms with Crippen LogP contribution in [-0.4, -0.2) is 26.4 Å². The predicted octanol–water partition coefficient (Wildman–Crippen LogP) is 11.3. The molecule has 0 bridgehead atoms. The summed E-state index contributed by atoms with van der Waals surface area (Å²) in [6.07, 6.45) is 5.07. The van der Waals surface area contributed by atoms with E-state index in [1.165, 1.54) is 44.4 Å². The van der Waals surface area contributed by atoms with Crippen LogP contribution in [0.15, 0.2) is 182 Å². The highest BCUT2D eigenvalue weighted by molar-refractivity contribution is 6.09. The van der Waals surface area contributed by atoms with Gasteiger partial charge in [0, 0.05) is 46.7 Å². The Morgan fingerprint density at radius 3 is 1.91 bits per heavy atom. The van der Waals surface area contributed by atoms with Crippen LogP contribution < -0.4 is 14.5 Å². The Kier molecular flexibility index (Phi) is 7.39. The van der Waals surface area contributed by atoms with Gasteiger partial charge in [0.05, 0.1) is 28.9 Å². The van der Waals surface area contributed by atoms with Gasteiger partial charge in [-0.15, -0.1) is 0 Å². The molecule has 10 rings (SSSR count). The van der Waals surface area contributed by atoms with Gasteiger partial charge in [-0.3, -0.25) is 0 Å². The van der Waals surface area contributed by atoms with Crippen LogP contribution in [0.5, 0.6) is 11.5 Å². The average molecular weight is 685 g/mol. The third-order valence-electron chi connectivity index (χ3n) is 9.83. The first kappa shape index (κ1) is 30.6. The van der Waals surface area contributed by atoms with Crippen molar-refractivity contribution in [3.8, 4) is 39.4 Å². The van der Waals surface area contributed by atoms with Crippen molar-refractivity contribution in [2.75, 3.05) is 16.5 Å². The third-order valence-corrected chi connectivity index (χ3v) is 9.83. The first-order chi connectivity index (χ1) is 26.3. The highest BCUT2D eigenvalue weighted by atomic mass is 16.5. The Balaban J connectivity index is 1.08. The minimum absolute atomic E-state index is 0.610. The van der Waals surface area contributed by atoms with Crippen LogP contribution in [0.4, 0.5) is 22.7 Å².